The van der Waals surface area contributed by atoms with Crippen LogP contribution in [0.3, 0.4) is 0 Å². The quantitative estimate of drug-likeness (QED) is 0.742. The Bertz CT molecular complexity index is 571. The van der Waals surface area contributed by atoms with E-state index in [1.54, 1.807) is 0 Å². The number of aromatic nitrogens is 2. The minimum atomic E-state index is -0.0243. The van der Waals surface area contributed by atoms with Gasteiger partial charge in [-0.1, -0.05) is 5.16 Å². The maximum atomic E-state index is 12.1. The molecular weight excluding hydrogens is 336 g/mol. The van der Waals surface area contributed by atoms with Crippen molar-refractivity contribution in [2.45, 2.75) is 51.5 Å². The number of hydrogen-bond acceptors (Lipinski definition) is 6. The molecule has 3 rings (SSSR count). The second-order valence-corrected chi connectivity index (χ2v) is 7.47. The van der Waals surface area contributed by atoms with Crippen molar-refractivity contribution in [3.8, 4) is 0 Å². The summed E-state index contributed by atoms with van der Waals surface area (Å²) in [5, 5.41) is 6.98. The van der Waals surface area contributed by atoms with E-state index in [-0.39, 0.29) is 18.0 Å². The molecule has 3 heterocycles. The van der Waals surface area contributed by atoms with Crippen LogP contribution < -0.4 is 5.32 Å². The smallest absolute Gasteiger partial charge is 0.317 e. The molecule has 0 aliphatic carbocycles. The van der Waals surface area contributed by atoms with Crippen molar-refractivity contribution < 1.29 is 18.8 Å². The minimum absolute atomic E-state index is 0.0243. The SMILES string of the molecule is CC(C)NC(=O)N1CCC(c2nc(CCOCC3CCOCC3)no2)C1. The lowest BCUT2D eigenvalue weighted by molar-refractivity contribution is 0.0211. The fraction of sp³-hybridized carbons (Fsp3) is 0.833. The predicted molar refractivity (Wildman–Crippen MR) is 95.0 cm³/mol. The summed E-state index contributed by atoms with van der Waals surface area (Å²) in [5.74, 6) is 2.03. The molecule has 1 aromatic rings. The maximum Gasteiger partial charge on any atom is 0.317 e. The van der Waals surface area contributed by atoms with Gasteiger partial charge in [-0.25, -0.2) is 4.79 Å². The van der Waals surface area contributed by atoms with Crippen LogP contribution in [0.4, 0.5) is 4.79 Å². The van der Waals surface area contributed by atoms with Crippen LogP contribution in [-0.2, 0) is 15.9 Å². The first kappa shape index (κ1) is 19.1. The Balaban J connectivity index is 1.38. The average Bonchev–Trinajstić information content (AvgIpc) is 3.28. The first-order chi connectivity index (χ1) is 12.6. The summed E-state index contributed by atoms with van der Waals surface area (Å²) in [6, 6.07) is 0.112. The standard InChI is InChI=1S/C18H30N4O4/c1-13(2)19-18(23)22-7-3-15(11-22)17-20-16(21-26-17)6-10-25-12-14-4-8-24-9-5-14/h13-15H,3-12H2,1-2H3,(H,19,23). The number of rotatable bonds is 7. The Morgan fingerprint density at radius 1 is 1.35 bits per heavy atom. The molecule has 0 aromatic carbocycles. The molecule has 146 valence electrons. The highest BCUT2D eigenvalue weighted by Crippen LogP contribution is 2.26. The number of carbonyl (C=O) groups excluding carboxylic acids is 1. The second-order valence-electron chi connectivity index (χ2n) is 7.47. The molecule has 1 unspecified atom stereocenters. The van der Waals surface area contributed by atoms with E-state index in [1.165, 1.54) is 0 Å². The van der Waals surface area contributed by atoms with Crippen LogP contribution in [-0.4, -0.2) is 66.6 Å². The lowest BCUT2D eigenvalue weighted by Gasteiger charge is -2.21. The molecule has 8 nitrogen and oxygen atoms in total. The van der Waals surface area contributed by atoms with Crippen molar-refractivity contribution in [2.24, 2.45) is 5.92 Å². The highest BCUT2D eigenvalue weighted by Gasteiger charge is 2.31. The van der Waals surface area contributed by atoms with Crippen molar-refractivity contribution in [2.75, 3.05) is 39.5 Å². The molecule has 2 fully saturated rings. The number of carbonyl (C=O) groups is 1. The van der Waals surface area contributed by atoms with Crippen LogP contribution in [0, 0.1) is 5.92 Å². The van der Waals surface area contributed by atoms with Gasteiger partial charge in [0.15, 0.2) is 5.82 Å². The minimum Gasteiger partial charge on any atom is -0.381 e. The highest BCUT2D eigenvalue weighted by atomic mass is 16.5. The zero-order chi connectivity index (χ0) is 18.4. The van der Waals surface area contributed by atoms with Crippen LogP contribution >= 0.6 is 0 Å². The second kappa shape index (κ2) is 9.32. The lowest BCUT2D eigenvalue weighted by Crippen LogP contribution is -2.41. The van der Waals surface area contributed by atoms with Crippen LogP contribution in [0.15, 0.2) is 4.52 Å². The van der Waals surface area contributed by atoms with Gasteiger partial charge in [0, 0.05) is 45.4 Å². The van der Waals surface area contributed by atoms with E-state index in [2.05, 4.69) is 15.5 Å². The summed E-state index contributed by atoms with van der Waals surface area (Å²) in [5.41, 5.74) is 0. The van der Waals surface area contributed by atoms with Gasteiger partial charge in [0.1, 0.15) is 0 Å². The summed E-state index contributed by atoms with van der Waals surface area (Å²) in [7, 11) is 0. The fourth-order valence-electron chi connectivity index (χ4n) is 3.35. The van der Waals surface area contributed by atoms with Crippen LogP contribution in [0.1, 0.15) is 50.7 Å². The van der Waals surface area contributed by atoms with Gasteiger partial charge in [0.05, 0.1) is 12.5 Å². The average molecular weight is 366 g/mol. The third-order valence-electron chi connectivity index (χ3n) is 4.89. The Kier molecular flexibility index (Phi) is 6.85. The summed E-state index contributed by atoms with van der Waals surface area (Å²) in [6.07, 6.45) is 3.66. The summed E-state index contributed by atoms with van der Waals surface area (Å²) < 4.78 is 16.5. The molecule has 0 spiro atoms. The Morgan fingerprint density at radius 3 is 2.92 bits per heavy atom. The van der Waals surface area contributed by atoms with E-state index in [1.807, 2.05) is 18.7 Å². The molecule has 8 heteroatoms. The van der Waals surface area contributed by atoms with E-state index in [0.717, 1.165) is 45.6 Å². The van der Waals surface area contributed by atoms with E-state index in [4.69, 9.17) is 14.0 Å². The zero-order valence-electron chi connectivity index (χ0n) is 15.8. The zero-order valence-corrected chi connectivity index (χ0v) is 15.8. The highest BCUT2D eigenvalue weighted by molar-refractivity contribution is 5.74. The van der Waals surface area contributed by atoms with Crippen molar-refractivity contribution in [3.63, 3.8) is 0 Å². The van der Waals surface area contributed by atoms with Gasteiger partial charge in [-0.05, 0) is 39.0 Å². The normalized spacial score (nSPS) is 21.5. The van der Waals surface area contributed by atoms with Crippen LogP contribution in [0.25, 0.3) is 0 Å². The predicted octanol–water partition coefficient (Wildman–Crippen LogP) is 1.96. The monoisotopic (exact) mass is 366 g/mol. The summed E-state index contributed by atoms with van der Waals surface area (Å²) in [4.78, 5) is 18.4. The first-order valence-corrected chi connectivity index (χ1v) is 9.65. The van der Waals surface area contributed by atoms with Gasteiger partial charge in [-0.2, -0.15) is 4.98 Å². The Morgan fingerprint density at radius 2 is 2.15 bits per heavy atom. The number of amides is 2. The van der Waals surface area contributed by atoms with E-state index in [0.29, 0.717) is 37.2 Å². The first-order valence-electron chi connectivity index (χ1n) is 9.65. The van der Waals surface area contributed by atoms with Crippen molar-refractivity contribution in [3.05, 3.63) is 11.7 Å². The molecule has 26 heavy (non-hydrogen) atoms. The number of urea groups is 1. The van der Waals surface area contributed by atoms with Gasteiger partial charge in [-0.3, -0.25) is 0 Å². The Hall–Kier alpha value is -1.67. The van der Waals surface area contributed by atoms with Gasteiger partial charge >= 0.3 is 6.03 Å². The van der Waals surface area contributed by atoms with Gasteiger partial charge in [0.25, 0.3) is 0 Å². The van der Waals surface area contributed by atoms with Crippen molar-refractivity contribution in [1.82, 2.24) is 20.4 Å². The van der Waals surface area contributed by atoms with E-state index >= 15 is 0 Å². The van der Waals surface area contributed by atoms with E-state index < -0.39 is 0 Å². The third kappa shape index (κ3) is 5.41. The van der Waals surface area contributed by atoms with Crippen LogP contribution in [0.5, 0.6) is 0 Å². The maximum absolute atomic E-state index is 12.1. The summed E-state index contributed by atoms with van der Waals surface area (Å²) in [6.45, 7) is 8.32. The molecule has 2 aliphatic rings. The molecule has 2 saturated heterocycles. The number of likely N-dealkylation sites (tertiary alicyclic amines) is 1. The summed E-state index contributed by atoms with van der Waals surface area (Å²) >= 11 is 0. The van der Waals surface area contributed by atoms with Crippen molar-refractivity contribution >= 4 is 6.03 Å². The largest absolute Gasteiger partial charge is 0.381 e. The molecule has 2 amide bonds. The molecule has 0 saturated carbocycles. The fourth-order valence-corrected chi connectivity index (χ4v) is 3.35. The lowest BCUT2D eigenvalue weighted by atomic mass is 10.0. The molecule has 2 aliphatic heterocycles. The van der Waals surface area contributed by atoms with Gasteiger partial charge < -0.3 is 24.2 Å². The Labute approximate surface area is 154 Å². The van der Waals surface area contributed by atoms with E-state index in [9.17, 15) is 4.79 Å². The number of nitrogens with one attached hydrogen (secondary N) is 1. The van der Waals surface area contributed by atoms with Gasteiger partial charge in [0.2, 0.25) is 5.89 Å². The number of hydrogen-bond donors (Lipinski definition) is 1. The molecule has 1 atom stereocenters. The number of nitrogens with zero attached hydrogens (tertiary/aromatic N) is 3. The molecule has 1 aromatic heterocycles. The third-order valence-corrected chi connectivity index (χ3v) is 4.89. The van der Waals surface area contributed by atoms with Crippen LogP contribution in [0.2, 0.25) is 0 Å². The topological polar surface area (TPSA) is 89.7 Å². The molecule has 0 radical (unpaired) electrons. The van der Waals surface area contributed by atoms with Crippen molar-refractivity contribution in [1.29, 1.82) is 0 Å². The number of ether oxygens (including phenoxy) is 2. The molecular formula is C18H30N4O4. The molecule has 1 N–H and O–H groups in total. The van der Waals surface area contributed by atoms with Gasteiger partial charge in [-0.15, -0.1) is 0 Å². The molecule has 0 bridgehead atoms.